The van der Waals surface area contributed by atoms with Crippen LogP contribution in [0.5, 0.6) is 5.75 Å². The number of aryl methyl sites for hydroxylation is 1. The maximum atomic E-state index is 13.0. The third-order valence-electron chi connectivity index (χ3n) is 3.99. The average Bonchev–Trinajstić information content (AvgIpc) is 2.68. The Morgan fingerprint density at radius 2 is 1.74 bits per heavy atom. The van der Waals surface area contributed by atoms with Crippen LogP contribution in [0.2, 0.25) is 0 Å². The minimum atomic E-state index is -0.282. The van der Waals surface area contributed by atoms with Gasteiger partial charge in [-0.2, -0.15) is 5.10 Å². The van der Waals surface area contributed by atoms with Crippen molar-refractivity contribution in [2.45, 2.75) is 13.5 Å². The number of ether oxygens (including phenoxy) is 1. The van der Waals surface area contributed by atoms with E-state index in [0.717, 1.165) is 16.7 Å². The molecule has 0 fully saturated rings. The number of carbonyl (C=O) groups excluding carboxylic acids is 1. The number of para-hydroxylation sites is 1. The molecule has 0 aliphatic heterocycles. The van der Waals surface area contributed by atoms with E-state index < -0.39 is 0 Å². The van der Waals surface area contributed by atoms with Gasteiger partial charge in [0.2, 0.25) is 0 Å². The first-order valence-electron chi connectivity index (χ1n) is 8.49. The van der Waals surface area contributed by atoms with Gasteiger partial charge in [-0.05, 0) is 48.4 Å². The van der Waals surface area contributed by atoms with E-state index in [2.05, 4.69) is 10.5 Å². The van der Waals surface area contributed by atoms with Crippen molar-refractivity contribution in [3.8, 4) is 5.75 Å². The van der Waals surface area contributed by atoms with Crippen LogP contribution in [-0.4, -0.2) is 12.1 Å². The first kappa shape index (κ1) is 18.3. The highest BCUT2D eigenvalue weighted by atomic mass is 19.1. The van der Waals surface area contributed by atoms with Crippen LogP contribution in [0.3, 0.4) is 0 Å². The lowest BCUT2D eigenvalue weighted by atomic mass is 10.1. The van der Waals surface area contributed by atoms with Crippen LogP contribution in [-0.2, 0) is 6.61 Å². The fourth-order valence-corrected chi connectivity index (χ4v) is 2.51. The third kappa shape index (κ3) is 5.01. The second-order valence-corrected chi connectivity index (χ2v) is 5.97. The molecular weight excluding hydrogens is 343 g/mol. The zero-order chi connectivity index (χ0) is 19.1. The van der Waals surface area contributed by atoms with Gasteiger partial charge in [0, 0.05) is 11.1 Å². The summed E-state index contributed by atoms with van der Waals surface area (Å²) in [5.74, 6) is 0.0699. The SMILES string of the molecule is Cc1ccccc1C(=O)N/N=C\c1ccccc1OCc1ccc(F)cc1. The Balaban J connectivity index is 1.65. The molecule has 0 saturated carbocycles. The molecule has 0 spiro atoms. The number of hydrogen-bond donors (Lipinski definition) is 1. The maximum absolute atomic E-state index is 13.0. The smallest absolute Gasteiger partial charge is 0.271 e. The van der Waals surface area contributed by atoms with Crippen molar-refractivity contribution in [3.63, 3.8) is 0 Å². The maximum Gasteiger partial charge on any atom is 0.271 e. The van der Waals surface area contributed by atoms with Gasteiger partial charge in [0.15, 0.2) is 0 Å². The zero-order valence-corrected chi connectivity index (χ0v) is 14.9. The molecule has 0 heterocycles. The third-order valence-corrected chi connectivity index (χ3v) is 3.99. The summed E-state index contributed by atoms with van der Waals surface area (Å²) in [5, 5.41) is 4.03. The van der Waals surface area contributed by atoms with Crippen molar-refractivity contribution < 1.29 is 13.9 Å². The molecule has 0 saturated heterocycles. The van der Waals surface area contributed by atoms with Crippen LogP contribution in [0, 0.1) is 12.7 Å². The quantitative estimate of drug-likeness (QED) is 0.519. The molecule has 0 bridgehead atoms. The molecule has 27 heavy (non-hydrogen) atoms. The summed E-state index contributed by atoms with van der Waals surface area (Å²) in [5.41, 5.74) is 5.57. The number of nitrogens with one attached hydrogen (secondary N) is 1. The predicted molar refractivity (Wildman–Crippen MR) is 103 cm³/mol. The van der Waals surface area contributed by atoms with Gasteiger partial charge in [0.05, 0.1) is 6.21 Å². The topological polar surface area (TPSA) is 50.7 Å². The number of hydrazone groups is 1. The molecule has 0 unspecified atom stereocenters. The first-order chi connectivity index (χ1) is 13.1. The summed E-state index contributed by atoms with van der Waals surface area (Å²) in [4.78, 5) is 12.2. The first-order valence-corrected chi connectivity index (χ1v) is 8.49. The second kappa shape index (κ2) is 8.76. The molecule has 1 amide bonds. The van der Waals surface area contributed by atoms with Gasteiger partial charge in [-0.15, -0.1) is 0 Å². The monoisotopic (exact) mass is 362 g/mol. The van der Waals surface area contributed by atoms with Crippen molar-refractivity contribution >= 4 is 12.1 Å². The number of carbonyl (C=O) groups is 1. The van der Waals surface area contributed by atoms with E-state index in [4.69, 9.17) is 4.74 Å². The highest BCUT2D eigenvalue weighted by molar-refractivity contribution is 5.96. The van der Waals surface area contributed by atoms with Gasteiger partial charge in [0.1, 0.15) is 18.2 Å². The van der Waals surface area contributed by atoms with Gasteiger partial charge in [-0.3, -0.25) is 4.79 Å². The Hall–Kier alpha value is -3.47. The highest BCUT2D eigenvalue weighted by Crippen LogP contribution is 2.18. The molecule has 0 atom stereocenters. The Morgan fingerprint density at radius 1 is 1.04 bits per heavy atom. The molecule has 0 aliphatic rings. The van der Waals surface area contributed by atoms with Crippen LogP contribution in [0.1, 0.15) is 27.0 Å². The lowest BCUT2D eigenvalue weighted by molar-refractivity contribution is 0.0954. The fourth-order valence-electron chi connectivity index (χ4n) is 2.51. The summed E-state index contributed by atoms with van der Waals surface area (Å²) in [6.07, 6.45) is 1.54. The van der Waals surface area contributed by atoms with Crippen molar-refractivity contribution in [1.29, 1.82) is 0 Å². The molecule has 0 radical (unpaired) electrons. The van der Waals surface area contributed by atoms with Gasteiger partial charge in [0.25, 0.3) is 5.91 Å². The van der Waals surface area contributed by atoms with Crippen LogP contribution < -0.4 is 10.2 Å². The van der Waals surface area contributed by atoms with Gasteiger partial charge >= 0.3 is 0 Å². The van der Waals surface area contributed by atoms with Gasteiger partial charge in [-0.25, -0.2) is 9.82 Å². The van der Waals surface area contributed by atoms with E-state index in [-0.39, 0.29) is 11.7 Å². The summed E-state index contributed by atoms with van der Waals surface area (Å²) >= 11 is 0. The van der Waals surface area contributed by atoms with Crippen molar-refractivity contribution in [2.24, 2.45) is 5.10 Å². The number of hydrogen-bond acceptors (Lipinski definition) is 3. The Bertz CT molecular complexity index is 953. The number of nitrogens with zero attached hydrogens (tertiary/aromatic N) is 1. The molecule has 4 nitrogen and oxygen atoms in total. The Kier molecular flexibility index (Phi) is 5.94. The summed E-state index contributed by atoms with van der Waals surface area (Å²) in [6.45, 7) is 2.18. The summed E-state index contributed by atoms with van der Waals surface area (Å²) < 4.78 is 18.8. The van der Waals surface area contributed by atoms with Crippen LogP contribution >= 0.6 is 0 Å². The van der Waals surface area contributed by atoms with E-state index in [9.17, 15) is 9.18 Å². The van der Waals surface area contributed by atoms with Gasteiger partial charge in [-0.1, -0.05) is 42.5 Å². The molecule has 3 aromatic rings. The Labute approximate surface area is 157 Å². The van der Waals surface area contributed by atoms with E-state index in [1.807, 2.05) is 49.4 Å². The molecule has 0 aliphatic carbocycles. The van der Waals surface area contributed by atoms with E-state index >= 15 is 0 Å². The Morgan fingerprint density at radius 3 is 2.52 bits per heavy atom. The predicted octanol–water partition coefficient (Wildman–Crippen LogP) is 4.48. The summed E-state index contributed by atoms with van der Waals surface area (Å²) in [7, 11) is 0. The zero-order valence-electron chi connectivity index (χ0n) is 14.9. The number of rotatable bonds is 6. The molecule has 1 N–H and O–H groups in total. The summed E-state index contributed by atoms with van der Waals surface area (Å²) in [6, 6.07) is 20.8. The van der Waals surface area contributed by atoms with E-state index in [0.29, 0.717) is 17.9 Å². The van der Waals surface area contributed by atoms with E-state index in [1.165, 1.54) is 18.3 Å². The van der Waals surface area contributed by atoms with Crippen LogP contribution in [0.25, 0.3) is 0 Å². The lowest BCUT2D eigenvalue weighted by Gasteiger charge is -2.09. The van der Waals surface area contributed by atoms with Crippen LogP contribution in [0.4, 0.5) is 4.39 Å². The average molecular weight is 362 g/mol. The molecule has 136 valence electrons. The number of amides is 1. The van der Waals surface area contributed by atoms with Gasteiger partial charge < -0.3 is 4.74 Å². The molecule has 0 aromatic heterocycles. The largest absolute Gasteiger partial charge is 0.488 e. The minimum Gasteiger partial charge on any atom is -0.488 e. The molecule has 3 aromatic carbocycles. The normalized spacial score (nSPS) is 10.7. The minimum absolute atomic E-state index is 0.269. The van der Waals surface area contributed by atoms with Crippen molar-refractivity contribution in [2.75, 3.05) is 0 Å². The fraction of sp³-hybridized carbons (Fsp3) is 0.0909. The number of halogens is 1. The van der Waals surface area contributed by atoms with E-state index in [1.54, 1.807) is 18.2 Å². The van der Waals surface area contributed by atoms with Crippen molar-refractivity contribution in [1.82, 2.24) is 5.43 Å². The molecule has 3 rings (SSSR count). The highest BCUT2D eigenvalue weighted by Gasteiger charge is 2.07. The second-order valence-electron chi connectivity index (χ2n) is 5.97. The standard InChI is InChI=1S/C22H19FN2O2/c1-16-6-2-4-8-20(16)22(26)25-24-14-18-7-3-5-9-21(18)27-15-17-10-12-19(23)13-11-17/h2-14H,15H2,1H3,(H,25,26)/b24-14-. The van der Waals surface area contributed by atoms with Crippen molar-refractivity contribution in [3.05, 3.63) is 101 Å². The molecular formula is C22H19FN2O2. The van der Waals surface area contributed by atoms with Crippen LogP contribution in [0.15, 0.2) is 77.9 Å². The molecule has 5 heteroatoms. The number of benzene rings is 3. The lowest BCUT2D eigenvalue weighted by Crippen LogP contribution is -2.18.